The molecule has 1 N–H and O–H groups in total. The van der Waals surface area contributed by atoms with Gasteiger partial charge in [-0.25, -0.2) is 0 Å². The van der Waals surface area contributed by atoms with Crippen molar-refractivity contribution in [3.05, 3.63) is 46.1 Å². The maximum Gasteiger partial charge on any atom is 0.303 e. The average Bonchev–Trinajstić information content (AvgIpc) is 2.75. The standard InChI is InChI=1S/C14H13BrO3/c1-9-2-5-11(12(15)8-9)13-6-3-10(18-13)4-7-14(16)17/h2-3,5-6,8H,4,7H2,1H3,(H,16,17). The molecule has 0 saturated carbocycles. The van der Waals surface area contributed by atoms with Gasteiger partial charge in [-0.2, -0.15) is 0 Å². The van der Waals surface area contributed by atoms with Crippen LogP contribution in [0.2, 0.25) is 0 Å². The Bertz CT molecular complexity index is 572. The fourth-order valence-corrected chi connectivity index (χ4v) is 2.40. The average molecular weight is 309 g/mol. The molecule has 1 aromatic carbocycles. The number of carboxylic acids is 1. The molecule has 1 heterocycles. The Morgan fingerprint density at radius 1 is 1.33 bits per heavy atom. The Kier molecular flexibility index (Phi) is 3.87. The predicted octanol–water partition coefficient (Wildman–Crippen LogP) is 4.03. The van der Waals surface area contributed by atoms with Crippen LogP contribution >= 0.6 is 15.9 Å². The molecule has 3 nitrogen and oxygen atoms in total. The van der Waals surface area contributed by atoms with Gasteiger partial charge >= 0.3 is 5.97 Å². The summed E-state index contributed by atoms with van der Waals surface area (Å²) in [6, 6.07) is 9.71. The van der Waals surface area contributed by atoms with E-state index >= 15 is 0 Å². The lowest BCUT2D eigenvalue weighted by atomic mass is 10.1. The SMILES string of the molecule is Cc1ccc(-c2ccc(CCC(=O)O)o2)c(Br)c1. The Balaban J connectivity index is 2.21. The Labute approximate surface area is 114 Å². The Morgan fingerprint density at radius 3 is 2.78 bits per heavy atom. The predicted molar refractivity (Wildman–Crippen MR) is 72.5 cm³/mol. The monoisotopic (exact) mass is 308 g/mol. The molecule has 4 heteroatoms. The van der Waals surface area contributed by atoms with E-state index in [9.17, 15) is 4.79 Å². The third-order valence-electron chi connectivity index (χ3n) is 2.64. The van der Waals surface area contributed by atoms with Crippen LogP contribution in [0.15, 0.2) is 39.2 Å². The van der Waals surface area contributed by atoms with Gasteiger partial charge in [0, 0.05) is 16.5 Å². The van der Waals surface area contributed by atoms with Gasteiger partial charge in [-0.1, -0.05) is 22.0 Å². The van der Waals surface area contributed by atoms with Crippen LogP contribution in [0.4, 0.5) is 0 Å². The van der Waals surface area contributed by atoms with Gasteiger partial charge in [0.15, 0.2) is 0 Å². The van der Waals surface area contributed by atoms with Crippen molar-refractivity contribution >= 4 is 21.9 Å². The molecule has 0 bridgehead atoms. The maximum absolute atomic E-state index is 10.5. The molecular weight excluding hydrogens is 296 g/mol. The lowest BCUT2D eigenvalue weighted by Crippen LogP contribution is -1.96. The third kappa shape index (κ3) is 3.01. The number of hydrogen-bond donors (Lipinski definition) is 1. The lowest BCUT2D eigenvalue weighted by Gasteiger charge is -2.02. The number of aliphatic carboxylic acids is 1. The van der Waals surface area contributed by atoms with Crippen LogP contribution in [0, 0.1) is 6.92 Å². The Morgan fingerprint density at radius 2 is 2.11 bits per heavy atom. The van der Waals surface area contributed by atoms with Gasteiger partial charge in [-0.15, -0.1) is 0 Å². The van der Waals surface area contributed by atoms with Gasteiger partial charge in [-0.3, -0.25) is 4.79 Å². The molecule has 0 aliphatic carbocycles. The third-order valence-corrected chi connectivity index (χ3v) is 3.29. The molecule has 0 unspecified atom stereocenters. The fourth-order valence-electron chi connectivity index (χ4n) is 1.71. The highest BCUT2D eigenvalue weighted by Crippen LogP contribution is 2.30. The fraction of sp³-hybridized carbons (Fsp3) is 0.214. The van der Waals surface area contributed by atoms with E-state index in [1.165, 1.54) is 5.56 Å². The van der Waals surface area contributed by atoms with Crippen molar-refractivity contribution in [3.8, 4) is 11.3 Å². The molecule has 0 atom stereocenters. The van der Waals surface area contributed by atoms with Crippen molar-refractivity contribution in [1.29, 1.82) is 0 Å². The molecule has 0 amide bonds. The zero-order chi connectivity index (χ0) is 13.1. The summed E-state index contributed by atoms with van der Waals surface area (Å²) in [6.45, 7) is 2.02. The highest BCUT2D eigenvalue weighted by atomic mass is 79.9. The van der Waals surface area contributed by atoms with E-state index in [0.29, 0.717) is 12.2 Å². The topological polar surface area (TPSA) is 50.4 Å². The minimum Gasteiger partial charge on any atom is -0.481 e. The van der Waals surface area contributed by atoms with Crippen LogP contribution in [0.1, 0.15) is 17.7 Å². The van der Waals surface area contributed by atoms with Crippen molar-refractivity contribution in [1.82, 2.24) is 0 Å². The van der Waals surface area contributed by atoms with Crippen molar-refractivity contribution in [2.45, 2.75) is 19.8 Å². The number of halogens is 1. The number of carbonyl (C=O) groups is 1. The first kappa shape index (κ1) is 12.9. The van der Waals surface area contributed by atoms with Crippen LogP contribution in [0.25, 0.3) is 11.3 Å². The van der Waals surface area contributed by atoms with Crippen LogP contribution in [0.3, 0.4) is 0 Å². The number of benzene rings is 1. The van der Waals surface area contributed by atoms with Crippen LogP contribution in [-0.4, -0.2) is 11.1 Å². The summed E-state index contributed by atoms with van der Waals surface area (Å²) in [7, 11) is 0. The van der Waals surface area contributed by atoms with E-state index in [4.69, 9.17) is 9.52 Å². The highest BCUT2D eigenvalue weighted by Gasteiger charge is 2.09. The van der Waals surface area contributed by atoms with Gasteiger partial charge in [0.2, 0.25) is 0 Å². The van der Waals surface area contributed by atoms with Crippen molar-refractivity contribution < 1.29 is 14.3 Å². The first-order valence-electron chi connectivity index (χ1n) is 5.63. The molecule has 0 saturated heterocycles. The molecule has 2 aromatic rings. The largest absolute Gasteiger partial charge is 0.481 e. The van der Waals surface area contributed by atoms with Crippen molar-refractivity contribution in [3.63, 3.8) is 0 Å². The molecule has 0 aliphatic heterocycles. The molecule has 94 valence electrons. The van der Waals surface area contributed by atoms with E-state index in [1.54, 1.807) is 0 Å². The van der Waals surface area contributed by atoms with Crippen LogP contribution in [-0.2, 0) is 11.2 Å². The number of furan rings is 1. The summed E-state index contributed by atoms with van der Waals surface area (Å²) in [5.41, 5.74) is 2.14. The summed E-state index contributed by atoms with van der Waals surface area (Å²) in [5, 5.41) is 8.62. The summed E-state index contributed by atoms with van der Waals surface area (Å²) < 4.78 is 6.62. The molecule has 0 aliphatic rings. The first-order chi connectivity index (χ1) is 8.56. The van der Waals surface area contributed by atoms with Gasteiger partial charge in [0.05, 0.1) is 6.42 Å². The lowest BCUT2D eigenvalue weighted by molar-refractivity contribution is -0.137. The van der Waals surface area contributed by atoms with E-state index in [-0.39, 0.29) is 6.42 Å². The van der Waals surface area contributed by atoms with E-state index in [1.807, 2.05) is 37.3 Å². The van der Waals surface area contributed by atoms with Crippen LogP contribution < -0.4 is 0 Å². The Hall–Kier alpha value is -1.55. The van der Waals surface area contributed by atoms with Crippen molar-refractivity contribution in [2.24, 2.45) is 0 Å². The minimum absolute atomic E-state index is 0.0853. The van der Waals surface area contributed by atoms with E-state index in [2.05, 4.69) is 15.9 Å². The van der Waals surface area contributed by atoms with Crippen LogP contribution in [0.5, 0.6) is 0 Å². The summed E-state index contributed by atoms with van der Waals surface area (Å²) in [4.78, 5) is 10.5. The molecule has 1 aromatic heterocycles. The summed E-state index contributed by atoms with van der Waals surface area (Å²) in [5.74, 6) is 0.631. The number of carboxylic acid groups (broad SMARTS) is 1. The smallest absolute Gasteiger partial charge is 0.303 e. The highest BCUT2D eigenvalue weighted by molar-refractivity contribution is 9.10. The number of rotatable bonds is 4. The number of hydrogen-bond acceptors (Lipinski definition) is 2. The first-order valence-corrected chi connectivity index (χ1v) is 6.42. The maximum atomic E-state index is 10.5. The molecule has 18 heavy (non-hydrogen) atoms. The summed E-state index contributed by atoms with van der Waals surface area (Å²) in [6.07, 6.45) is 0.501. The van der Waals surface area contributed by atoms with E-state index < -0.39 is 5.97 Å². The number of aryl methyl sites for hydroxylation is 2. The quantitative estimate of drug-likeness (QED) is 0.927. The second kappa shape index (κ2) is 5.40. The van der Waals surface area contributed by atoms with Gasteiger partial charge in [0.1, 0.15) is 11.5 Å². The van der Waals surface area contributed by atoms with E-state index in [0.717, 1.165) is 15.8 Å². The summed E-state index contributed by atoms with van der Waals surface area (Å²) >= 11 is 3.50. The zero-order valence-corrected chi connectivity index (χ0v) is 11.5. The molecule has 0 radical (unpaired) electrons. The van der Waals surface area contributed by atoms with Crippen molar-refractivity contribution in [2.75, 3.05) is 0 Å². The molecule has 0 fully saturated rings. The zero-order valence-electron chi connectivity index (χ0n) is 9.94. The second-order valence-electron chi connectivity index (χ2n) is 4.14. The minimum atomic E-state index is -0.815. The second-order valence-corrected chi connectivity index (χ2v) is 5.00. The van der Waals surface area contributed by atoms with Gasteiger partial charge < -0.3 is 9.52 Å². The van der Waals surface area contributed by atoms with Gasteiger partial charge in [0.25, 0.3) is 0 Å². The normalized spacial score (nSPS) is 10.6. The van der Waals surface area contributed by atoms with Gasteiger partial charge in [-0.05, 0) is 36.8 Å². The molecular formula is C14H13BrO3. The molecule has 2 rings (SSSR count). The molecule has 0 spiro atoms.